The van der Waals surface area contributed by atoms with Crippen LogP contribution in [0.15, 0.2) is 54.7 Å². The van der Waals surface area contributed by atoms with Crippen LogP contribution in [-0.2, 0) is 32.2 Å². The van der Waals surface area contributed by atoms with Crippen LogP contribution in [0.2, 0.25) is 0 Å². The summed E-state index contributed by atoms with van der Waals surface area (Å²) in [5.74, 6) is -0.837. The molecule has 2 aliphatic heterocycles. The summed E-state index contributed by atoms with van der Waals surface area (Å²) in [5, 5.41) is 9.10. The highest BCUT2D eigenvalue weighted by atomic mass is 16.5. The molecule has 0 saturated heterocycles. The lowest BCUT2D eigenvalue weighted by atomic mass is 9.97. The molecule has 0 spiro atoms. The smallest absolute Gasteiger partial charge is 0.261 e. The van der Waals surface area contributed by atoms with Crippen LogP contribution in [0, 0.1) is 0 Å². The average molecular weight is 530 g/mol. The van der Waals surface area contributed by atoms with E-state index in [-0.39, 0.29) is 0 Å². The van der Waals surface area contributed by atoms with Gasteiger partial charge < -0.3 is 18.9 Å². The van der Waals surface area contributed by atoms with Crippen LogP contribution in [0.25, 0.3) is 33.0 Å². The van der Waals surface area contributed by atoms with Gasteiger partial charge in [-0.1, -0.05) is 50.2 Å². The van der Waals surface area contributed by atoms with Crippen molar-refractivity contribution in [2.45, 2.75) is 26.9 Å². The first-order chi connectivity index (χ1) is 19.1. The number of benzene rings is 2. The molecule has 0 radical (unpaired) electrons. The Kier molecular flexibility index (Phi) is 8.21. The van der Waals surface area contributed by atoms with Crippen LogP contribution in [-0.4, -0.2) is 77.6 Å². The van der Waals surface area contributed by atoms with Gasteiger partial charge in [-0.15, -0.1) is 0 Å². The number of hydrogen-bond acceptors (Lipinski definition) is 6. The van der Waals surface area contributed by atoms with Gasteiger partial charge in [-0.05, 0) is 19.2 Å². The molecule has 0 aliphatic carbocycles. The average Bonchev–Trinajstić information content (AvgIpc) is 3.59. The fourth-order valence-corrected chi connectivity index (χ4v) is 5.12. The quantitative estimate of drug-likeness (QED) is 0.351. The molecule has 1 N–H and O–H groups in total. The van der Waals surface area contributed by atoms with E-state index in [0.29, 0.717) is 61.9 Å². The van der Waals surface area contributed by atoms with Crippen molar-refractivity contribution in [2.24, 2.45) is 0 Å². The molecule has 39 heavy (non-hydrogen) atoms. The summed E-state index contributed by atoms with van der Waals surface area (Å²) in [6.07, 6.45) is 1.95. The van der Waals surface area contributed by atoms with E-state index in [4.69, 9.17) is 14.6 Å². The molecule has 4 bridgehead atoms. The number of nitrogens with zero attached hydrogens (tertiary/aromatic N) is 4. The summed E-state index contributed by atoms with van der Waals surface area (Å²) in [5.41, 5.74) is 3.76. The molecule has 2 aliphatic rings. The van der Waals surface area contributed by atoms with Gasteiger partial charge in [-0.25, -0.2) is 0 Å². The Morgan fingerprint density at radius 2 is 1.33 bits per heavy atom. The third-order valence-electron chi connectivity index (χ3n) is 7.04. The maximum atomic E-state index is 13.2. The topological polar surface area (TPSA) is 90.6 Å². The van der Waals surface area contributed by atoms with Gasteiger partial charge in [0.05, 0.1) is 49.6 Å². The first kappa shape index (κ1) is 26.8. The molecule has 9 nitrogen and oxygen atoms in total. The standard InChI is InChI=1S/C28H29N5O4.C2H6/c1-31-10-14-36-16-12-32-18-21(19-6-2-4-8-22(19)32)24-25(28(35)29-27(24)34)26-20-7-3-5-9-23(20)33(30-26)13-17-37-15-11-31;1-2/h2-9,18H,10-17H2,1H3,(H,29,34,35);1-2H3. The third-order valence-corrected chi connectivity index (χ3v) is 7.04. The lowest BCUT2D eigenvalue weighted by molar-refractivity contribution is -0.122. The third kappa shape index (κ3) is 5.25. The molecule has 9 heteroatoms. The molecule has 2 aromatic carbocycles. The Morgan fingerprint density at radius 3 is 2.08 bits per heavy atom. The van der Waals surface area contributed by atoms with Gasteiger partial charge in [-0.3, -0.25) is 19.6 Å². The molecule has 204 valence electrons. The van der Waals surface area contributed by atoms with Crippen LogP contribution in [0.5, 0.6) is 0 Å². The highest BCUT2D eigenvalue weighted by Crippen LogP contribution is 2.37. The van der Waals surface area contributed by atoms with Gasteiger partial charge in [0, 0.05) is 47.7 Å². The lowest BCUT2D eigenvalue weighted by Crippen LogP contribution is -2.27. The van der Waals surface area contributed by atoms with E-state index < -0.39 is 11.8 Å². The van der Waals surface area contributed by atoms with E-state index in [1.54, 1.807) is 0 Å². The minimum absolute atomic E-state index is 0.305. The number of nitrogens with one attached hydrogen (secondary N) is 1. The first-order valence-corrected chi connectivity index (χ1v) is 13.6. The number of fused-ring (bicyclic) bond motifs is 12. The zero-order valence-corrected chi connectivity index (χ0v) is 22.8. The molecule has 0 atom stereocenters. The first-order valence-electron chi connectivity index (χ1n) is 13.6. The molecule has 2 aromatic heterocycles. The van der Waals surface area contributed by atoms with E-state index >= 15 is 0 Å². The normalized spacial score (nSPS) is 17.7. The number of hydrogen-bond donors (Lipinski definition) is 1. The molecule has 2 amide bonds. The van der Waals surface area contributed by atoms with Crippen LogP contribution < -0.4 is 5.32 Å². The maximum absolute atomic E-state index is 13.2. The number of ether oxygens (including phenoxy) is 2. The second-order valence-electron chi connectivity index (χ2n) is 9.40. The van der Waals surface area contributed by atoms with Crippen LogP contribution >= 0.6 is 0 Å². The van der Waals surface area contributed by atoms with Crippen molar-refractivity contribution in [2.75, 3.05) is 46.6 Å². The number of imide groups is 1. The van der Waals surface area contributed by atoms with Gasteiger partial charge in [0.2, 0.25) is 0 Å². The number of carbonyl (C=O) groups excluding carboxylic acids is 2. The van der Waals surface area contributed by atoms with Gasteiger partial charge in [-0.2, -0.15) is 5.10 Å². The molecule has 0 fully saturated rings. The summed E-state index contributed by atoms with van der Waals surface area (Å²) < 4.78 is 15.8. The minimum atomic E-state index is -0.430. The fraction of sp³-hybridized carbons (Fsp3) is 0.367. The predicted molar refractivity (Wildman–Crippen MR) is 152 cm³/mol. The maximum Gasteiger partial charge on any atom is 0.261 e. The van der Waals surface area contributed by atoms with E-state index in [9.17, 15) is 9.59 Å². The van der Waals surface area contributed by atoms with Crippen molar-refractivity contribution in [3.05, 3.63) is 66.0 Å². The summed E-state index contributed by atoms with van der Waals surface area (Å²) in [4.78, 5) is 28.6. The van der Waals surface area contributed by atoms with Crippen molar-refractivity contribution >= 4 is 44.8 Å². The van der Waals surface area contributed by atoms with Crippen molar-refractivity contribution < 1.29 is 19.1 Å². The number of carbonyl (C=O) groups is 2. The number of rotatable bonds is 0. The van der Waals surface area contributed by atoms with E-state index in [0.717, 1.165) is 34.9 Å². The SMILES string of the molecule is CC.CN1CCOCCn2cc(c3ccccc32)C2=C(C(=O)NC2=O)c2nn(c3ccccc23)CCOCC1. The Balaban J connectivity index is 0.00000151. The van der Waals surface area contributed by atoms with Crippen molar-refractivity contribution in [1.82, 2.24) is 24.6 Å². The minimum Gasteiger partial charge on any atom is -0.378 e. The number of likely N-dealkylation sites (N-methyl/N-ethyl adjacent to an activating group) is 1. The molecule has 0 unspecified atom stereocenters. The number of para-hydroxylation sites is 2. The summed E-state index contributed by atoms with van der Waals surface area (Å²) in [6.45, 7) is 9.02. The molecule has 4 aromatic rings. The van der Waals surface area contributed by atoms with Crippen molar-refractivity contribution in [3.63, 3.8) is 0 Å². The largest absolute Gasteiger partial charge is 0.378 e. The van der Waals surface area contributed by atoms with E-state index in [1.165, 1.54) is 0 Å². The highest BCUT2D eigenvalue weighted by Gasteiger charge is 2.36. The summed E-state index contributed by atoms with van der Waals surface area (Å²) >= 11 is 0. The van der Waals surface area contributed by atoms with Crippen molar-refractivity contribution in [3.8, 4) is 0 Å². The fourth-order valence-electron chi connectivity index (χ4n) is 5.12. The van der Waals surface area contributed by atoms with Crippen LogP contribution in [0.4, 0.5) is 0 Å². The Hall–Kier alpha value is -3.79. The van der Waals surface area contributed by atoms with Gasteiger partial charge in [0.25, 0.3) is 11.8 Å². The molecule has 6 rings (SSSR count). The van der Waals surface area contributed by atoms with Gasteiger partial charge in [0.1, 0.15) is 5.69 Å². The monoisotopic (exact) mass is 529 g/mol. The molecule has 0 saturated carbocycles. The zero-order chi connectivity index (χ0) is 27.4. The summed E-state index contributed by atoms with van der Waals surface area (Å²) in [7, 11) is 2.06. The Labute approximate surface area is 228 Å². The second kappa shape index (κ2) is 11.9. The van der Waals surface area contributed by atoms with E-state index in [1.807, 2.05) is 73.3 Å². The Morgan fingerprint density at radius 1 is 0.744 bits per heavy atom. The zero-order valence-electron chi connectivity index (χ0n) is 22.8. The second-order valence-corrected chi connectivity index (χ2v) is 9.40. The number of aromatic nitrogens is 3. The lowest BCUT2D eigenvalue weighted by Gasteiger charge is -2.17. The number of amides is 2. The van der Waals surface area contributed by atoms with Crippen LogP contribution in [0.3, 0.4) is 0 Å². The van der Waals surface area contributed by atoms with E-state index in [2.05, 4.69) is 21.8 Å². The molecular weight excluding hydrogens is 494 g/mol. The highest BCUT2D eigenvalue weighted by molar-refractivity contribution is 6.50. The molecule has 4 heterocycles. The van der Waals surface area contributed by atoms with Gasteiger partial charge >= 0.3 is 0 Å². The molecular formula is C30H35N5O4. The Bertz CT molecular complexity index is 1420. The van der Waals surface area contributed by atoms with Gasteiger partial charge in [0.15, 0.2) is 0 Å². The predicted octanol–water partition coefficient (Wildman–Crippen LogP) is 3.56. The summed E-state index contributed by atoms with van der Waals surface area (Å²) in [6, 6.07) is 15.7. The van der Waals surface area contributed by atoms with Crippen LogP contribution in [0.1, 0.15) is 25.1 Å². The van der Waals surface area contributed by atoms with Crippen molar-refractivity contribution in [1.29, 1.82) is 0 Å².